The highest BCUT2D eigenvalue weighted by Gasteiger charge is 2.29. The molecule has 2 atom stereocenters. The Hall–Kier alpha value is -1.12. The highest BCUT2D eigenvalue weighted by Crippen LogP contribution is 2.31. The number of alkyl halides is 1. The third kappa shape index (κ3) is 4.96. The Kier molecular flexibility index (Phi) is 6.22. The van der Waals surface area contributed by atoms with Crippen molar-refractivity contribution in [2.45, 2.75) is 48.6 Å². The second kappa shape index (κ2) is 7.94. The first-order valence-corrected chi connectivity index (χ1v) is 9.23. The van der Waals surface area contributed by atoms with Crippen LogP contribution in [0.3, 0.4) is 0 Å². The number of unbranched alkanes of at least 4 members (excludes halogenated alkanes) is 1. The molecule has 0 spiro atoms. The first-order chi connectivity index (χ1) is 10.5. The number of hydrogen-bond donors (Lipinski definition) is 0. The van der Waals surface area contributed by atoms with Gasteiger partial charge in [0.05, 0.1) is 10.8 Å². The van der Waals surface area contributed by atoms with E-state index in [1.54, 1.807) is 0 Å². The van der Waals surface area contributed by atoms with Gasteiger partial charge in [0, 0.05) is 4.90 Å². The first kappa shape index (κ1) is 17.2. The molecule has 1 nitrogen and oxygen atoms in total. The van der Waals surface area contributed by atoms with E-state index in [1.807, 2.05) is 44.2 Å². The minimum absolute atomic E-state index is 0.702. The zero-order valence-electron chi connectivity index (χ0n) is 13.2. The molecule has 0 fully saturated rings. The highest BCUT2D eigenvalue weighted by atomic mass is 35.5. The van der Waals surface area contributed by atoms with Crippen molar-refractivity contribution in [1.29, 1.82) is 0 Å². The summed E-state index contributed by atoms with van der Waals surface area (Å²) in [5.74, 6) is 0. The molecule has 0 N–H and O–H groups in total. The lowest BCUT2D eigenvalue weighted by molar-refractivity contribution is 0.615. The molecule has 0 aliphatic rings. The van der Waals surface area contributed by atoms with E-state index in [-0.39, 0.29) is 0 Å². The summed E-state index contributed by atoms with van der Waals surface area (Å²) in [4.78, 5) is 0.811. The summed E-state index contributed by atoms with van der Waals surface area (Å²) in [6, 6.07) is 18.2. The van der Waals surface area contributed by atoms with Gasteiger partial charge in [-0.15, -0.1) is 11.6 Å². The number of aryl methyl sites for hydroxylation is 2. The average Bonchev–Trinajstić information content (AvgIpc) is 2.53. The van der Waals surface area contributed by atoms with Crippen LogP contribution in [0.15, 0.2) is 59.5 Å². The van der Waals surface area contributed by atoms with Gasteiger partial charge in [0.2, 0.25) is 0 Å². The van der Waals surface area contributed by atoms with Crippen molar-refractivity contribution in [1.82, 2.24) is 0 Å². The minimum atomic E-state index is -1.18. The van der Waals surface area contributed by atoms with E-state index in [9.17, 15) is 4.21 Å². The number of hydrogen-bond acceptors (Lipinski definition) is 1. The van der Waals surface area contributed by atoms with Crippen molar-refractivity contribution < 1.29 is 4.21 Å². The molecule has 2 aromatic carbocycles. The molecule has 0 heterocycles. The molecule has 2 rings (SSSR count). The van der Waals surface area contributed by atoms with Crippen molar-refractivity contribution >= 4 is 22.4 Å². The molecule has 2 aromatic rings. The minimum Gasteiger partial charge on any atom is -0.253 e. The normalized spacial score (nSPS) is 15.2. The van der Waals surface area contributed by atoms with Gasteiger partial charge in [-0.1, -0.05) is 54.4 Å². The standard InChI is InChI=1S/C19H23ClOS/c1-16-11-13-18(14-12-16)22(21)19(2,20)15-7-6-10-17-8-4-3-5-9-17/h3-5,8-9,11-14H,6-7,10,15H2,1-2H3. The summed E-state index contributed by atoms with van der Waals surface area (Å²) in [5, 5.41) is 0. The van der Waals surface area contributed by atoms with Crippen molar-refractivity contribution in [2.75, 3.05) is 0 Å². The van der Waals surface area contributed by atoms with Crippen LogP contribution in [0.1, 0.15) is 37.3 Å². The van der Waals surface area contributed by atoms with Crippen molar-refractivity contribution in [3.05, 3.63) is 65.7 Å². The Morgan fingerprint density at radius 3 is 2.27 bits per heavy atom. The molecular formula is C19H23ClOS. The lowest BCUT2D eigenvalue weighted by Crippen LogP contribution is -2.23. The summed E-state index contributed by atoms with van der Waals surface area (Å²) >= 11 is 6.54. The van der Waals surface area contributed by atoms with E-state index >= 15 is 0 Å². The Morgan fingerprint density at radius 2 is 1.64 bits per heavy atom. The average molecular weight is 335 g/mol. The molecule has 0 saturated heterocycles. The third-order valence-electron chi connectivity index (χ3n) is 3.80. The van der Waals surface area contributed by atoms with Gasteiger partial charge in [-0.25, -0.2) is 0 Å². The van der Waals surface area contributed by atoms with Crippen LogP contribution in [-0.2, 0) is 17.2 Å². The zero-order chi connectivity index (χ0) is 16.0. The number of benzene rings is 2. The van der Waals surface area contributed by atoms with Crippen LogP contribution < -0.4 is 0 Å². The van der Waals surface area contributed by atoms with Crippen LogP contribution in [0.2, 0.25) is 0 Å². The maximum absolute atomic E-state index is 12.6. The van der Waals surface area contributed by atoms with Gasteiger partial charge in [0.25, 0.3) is 0 Å². The maximum atomic E-state index is 12.6. The van der Waals surface area contributed by atoms with Gasteiger partial charge in [-0.2, -0.15) is 0 Å². The summed E-state index contributed by atoms with van der Waals surface area (Å²) in [6.07, 6.45) is 3.84. The summed E-state index contributed by atoms with van der Waals surface area (Å²) < 4.78 is 11.9. The molecule has 22 heavy (non-hydrogen) atoms. The van der Waals surface area contributed by atoms with Gasteiger partial charge in [-0.05, 0) is 50.8 Å². The fourth-order valence-corrected chi connectivity index (χ4v) is 4.02. The predicted octanol–water partition coefficient (Wildman–Crippen LogP) is 5.47. The van der Waals surface area contributed by atoms with E-state index < -0.39 is 15.0 Å². The maximum Gasteiger partial charge on any atom is 0.121 e. The predicted molar refractivity (Wildman–Crippen MR) is 95.8 cm³/mol. The number of halogens is 1. The van der Waals surface area contributed by atoms with Crippen LogP contribution in [-0.4, -0.2) is 8.42 Å². The number of rotatable bonds is 7. The molecule has 0 aromatic heterocycles. The second-order valence-corrected chi connectivity index (χ2v) is 8.84. The van der Waals surface area contributed by atoms with Gasteiger partial charge in [0.1, 0.15) is 4.21 Å². The fraction of sp³-hybridized carbons (Fsp3) is 0.368. The zero-order valence-corrected chi connectivity index (χ0v) is 14.8. The highest BCUT2D eigenvalue weighted by molar-refractivity contribution is 7.87. The van der Waals surface area contributed by atoms with Gasteiger partial charge in [0.15, 0.2) is 0 Å². The summed E-state index contributed by atoms with van der Waals surface area (Å²) in [6.45, 7) is 3.91. The molecule has 0 saturated carbocycles. The van der Waals surface area contributed by atoms with Gasteiger partial charge < -0.3 is 0 Å². The molecule has 0 aliphatic carbocycles. The smallest absolute Gasteiger partial charge is 0.121 e. The molecule has 0 bridgehead atoms. The SMILES string of the molecule is Cc1ccc(S(=O)C(C)(Cl)CCCCc2ccccc2)cc1. The van der Waals surface area contributed by atoms with Crippen LogP contribution in [0.25, 0.3) is 0 Å². The molecular weight excluding hydrogens is 312 g/mol. The lowest BCUT2D eigenvalue weighted by atomic mass is 10.1. The van der Waals surface area contributed by atoms with E-state index in [0.29, 0.717) is 0 Å². The molecule has 2 unspecified atom stereocenters. The molecule has 0 radical (unpaired) electrons. The van der Waals surface area contributed by atoms with Gasteiger partial charge >= 0.3 is 0 Å². The Bertz CT molecular complexity index is 605. The largest absolute Gasteiger partial charge is 0.253 e. The second-order valence-electron chi connectivity index (χ2n) is 5.88. The van der Waals surface area contributed by atoms with Crippen molar-refractivity contribution in [3.8, 4) is 0 Å². The Balaban J connectivity index is 1.85. The van der Waals surface area contributed by atoms with E-state index in [1.165, 1.54) is 11.1 Å². The van der Waals surface area contributed by atoms with Crippen LogP contribution in [0, 0.1) is 6.92 Å². The lowest BCUT2D eigenvalue weighted by Gasteiger charge is -2.21. The van der Waals surface area contributed by atoms with Crippen molar-refractivity contribution in [3.63, 3.8) is 0 Å². The van der Waals surface area contributed by atoms with E-state index in [4.69, 9.17) is 11.6 Å². The van der Waals surface area contributed by atoms with Gasteiger partial charge in [-0.3, -0.25) is 4.21 Å². The molecule has 118 valence electrons. The molecule has 0 aliphatic heterocycles. The van der Waals surface area contributed by atoms with Crippen LogP contribution in [0.5, 0.6) is 0 Å². The van der Waals surface area contributed by atoms with E-state index in [0.717, 1.165) is 30.6 Å². The molecule has 3 heteroatoms. The van der Waals surface area contributed by atoms with Crippen LogP contribution >= 0.6 is 11.6 Å². The van der Waals surface area contributed by atoms with Crippen LogP contribution in [0.4, 0.5) is 0 Å². The topological polar surface area (TPSA) is 17.1 Å². The third-order valence-corrected chi connectivity index (χ3v) is 6.09. The Morgan fingerprint density at radius 1 is 1.00 bits per heavy atom. The monoisotopic (exact) mass is 334 g/mol. The summed E-state index contributed by atoms with van der Waals surface area (Å²) in [5.41, 5.74) is 2.51. The molecule has 0 amide bonds. The van der Waals surface area contributed by atoms with Crippen molar-refractivity contribution in [2.24, 2.45) is 0 Å². The Labute approximate surface area is 141 Å². The first-order valence-electron chi connectivity index (χ1n) is 7.70. The van der Waals surface area contributed by atoms with E-state index in [2.05, 4.69) is 24.3 Å². The quantitative estimate of drug-likeness (QED) is 0.484. The fourth-order valence-electron chi connectivity index (χ4n) is 2.41. The summed E-state index contributed by atoms with van der Waals surface area (Å²) in [7, 11) is -1.18.